The van der Waals surface area contributed by atoms with E-state index in [0.717, 1.165) is 33.1 Å². The summed E-state index contributed by atoms with van der Waals surface area (Å²) in [6.45, 7) is 10.9. The molecular formula is C44H60N6O8S2. The Morgan fingerprint density at radius 3 is 2.13 bits per heavy atom. The highest BCUT2D eigenvalue weighted by Crippen LogP contribution is 2.21. The van der Waals surface area contributed by atoms with Crippen molar-refractivity contribution >= 4 is 46.7 Å². The maximum absolute atomic E-state index is 14.3. The number of ether oxygens (including phenoxy) is 4. The second-order valence-corrected chi connectivity index (χ2v) is 17.0. The molecule has 2 aromatic carbocycles. The van der Waals surface area contributed by atoms with E-state index in [1.54, 1.807) is 30.1 Å². The van der Waals surface area contributed by atoms with Crippen LogP contribution in [-0.4, -0.2) is 96.6 Å². The van der Waals surface area contributed by atoms with Crippen molar-refractivity contribution < 1.29 is 38.1 Å². The second-order valence-electron chi connectivity index (χ2n) is 15.2. The van der Waals surface area contributed by atoms with E-state index in [9.17, 15) is 19.2 Å². The molecule has 2 aromatic heterocycles. The van der Waals surface area contributed by atoms with E-state index in [-0.39, 0.29) is 51.0 Å². The van der Waals surface area contributed by atoms with Gasteiger partial charge >= 0.3 is 18.1 Å². The molecule has 0 spiro atoms. The van der Waals surface area contributed by atoms with E-state index in [2.05, 4.69) is 39.8 Å². The van der Waals surface area contributed by atoms with Gasteiger partial charge in [-0.3, -0.25) is 9.78 Å². The third kappa shape index (κ3) is 17.0. The van der Waals surface area contributed by atoms with Crippen LogP contribution in [0, 0.1) is 5.92 Å². The molecule has 4 rings (SSSR count). The first-order chi connectivity index (χ1) is 28.9. The summed E-state index contributed by atoms with van der Waals surface area (Å²) in [7, 11) is 1.67. The van der Waals surface area contributed by atoms with Crippen molar-refractivity contribution in [3.05, 3.63) is 104 Å². The Bertz CT molecular complexity index is 1860. The Labute approximate surface area is 361 Å². The van der Waals surface area contributed by atoms with Crippen LogP contribution < -0.4 is 16.0 Å². The minimum Gasteiger partial charge on any atom is -0.458 e. The molecule has 16 heteroatoms. The van der Waals surface area contributed by atoms with Gasteiger partial charge in [-0.05, 0) is 36.3 Å². The number of esters is 1. The normalized spacial score (nSPS) is 13.3. The first-order valence-corrected chi connectivity index (χ1v) is 22.2. The van der Waals surface area contributed by atoms with E-state index in [0.29, 0.717) is 19.6 Å². The zero-order chi connectivity index (χ0) is 43.3. The molecule has 0 aliphatic carbocycles. The Hall–Kier alpha value is -4.90. The Morgan fingerprint density at radius 2 is 1.52 bits per heavy atom. The summed E-state index contributed by atoms with van der Waals surface area (Å²) in [5.74, 6) is -1.05. The molecule has 0 aliphatic rings. The number of benzene rings is 2. The van der Waals surface area contributed by atoms with Crippen LogP contribution in [0.3, 0.4) is 0 Å². The quantitative estimate of drug-likeness (QED) is 0.0471. The van der Waals surface area contributed by atoms with Crippen LogP contribution in [0.2, 0.25) is 0 Å². The average molecular weight is 865 g/mol. The number of carbonyl (C=O) groups is 4. The number of rotatable bonds is 25. The SMILES string of the molecule is CCCOCCOCC(=O)OC(CC(Cc1ccccc1)NC(=O)C(NC(=O)N(C)Cc1csc(C(C)C)n1)C(C)C)C(Cc1ccccc1)NC(=O)OCc1cncs1. The molecule has 14 nitrogen and oxygen atoms in total. The Kier molecular flexibility index (Phi) is 20.4. The van der Waals surface area contributed by atoms with E-state index < -0.39 is 48.2 Å². The monoisotopic (exact) mass is 864 g/mol. The van der Waals surface area contributed by atoms with Gasteiger partial charge in [0.15, 0.2) is 0 Å². The highest BCUT2D eigenvalue weighted by atomic mass is 32.1. The highest BCUT2D eigenvalue weighted by molar-refractivity contribution is 7.09. The lowest BCUT2D eigenvalue weighted by Gasteiger charge is -2.32. The number of hydrogen-bond donors (Lipinski definition) is 3. The molecule has 0 aliphatic heterocycles. The molecule has 2 heterocycles. The lowest BCUT2D eigenvalue weighted by Crippen LogP contribution is -2.56. The summed E-state index contributed by atoms with van der Waals surface area (Å²) < 4.78 is 22.8. The van der Waals surface area contributed by atoms with Gasteiger partial charge in [0.25, 0.3) is 0 Å². The number of urea groups is 1. The summed E-state index contributed by atoms with van der Waals surface area (Å²) in [6, 6.07) is 16.4. The Balaban J connectivity index is 1.59. The zero-order valence-electron chi connectivity index (χ0n) is 35.5. The van der Waals surface area contributed by atoms with Crippen molar-refractivity contribution in [1.82, 2.24) is 30.8 Å². The summed E-state index contributed by atoms with van der Waals surface area (Å²) in [4.78, 5) is 65.7. The molecule has 4 atom stereocenters. The fourth-order valence-electron chi connectivity index (χ4n) is 6.22. The smallest absolute Gasteiger partial charge is 0.407 e. The van der Waals surface area contributed by atoms with Crippen molar-refractivity contribution in [3.63, 3.8) is 0 Å². The topological polar surface area (TPSA) is 170 Å². The minimum atomic E-state index is -0.963. The number of alkyl carbamates (subject to hydrolysis) is 1. The van der Waals surface area contributed by atoms with Gasteiger partial charge in [0.2, 0.25) is 5.91 Å². The molecule has 0 saturated heterocycles. The third-order valence-electron chi connectivity index (χ3n) is 9.33. The summed E-state index contributed by atoms with van der Waals surface area (Å²) >= 11 is 2.92. The molecule has 0 radical (unpaired) electrons. The van der Waals surface area contributed by atoms with Crippen molar-refractivity contribution in [1.29, 1.82) is 0 Å². The van der Waals surface area contributed by atoms with E-state index in [1.807, 2.05) is 86.8 Å². The molecule has 4 aromatic rings. The lowest BCUT2D eigenvalue weighted by atomic mass is 9.92. The first-order valence-electron chi connectivity index (χ1n) is 20.4. The van der Waals surface area contributed by atoms with Gasteiger partial charge in [0, 0.05) is 43.6 Å². The van der Waals surface area contributed by atoms with Crippen LogP contribution in [-0.2, 0) is 54.5 Å². The molecule has 4 amide bonds. The van der Waals surface area contributed by atoms with Crippen molar-refractivity contribution in [3.8, 4) is 0 Å². The van der Waals surface area contributed by atoms with Crippen molar-refractivity contribution in [2.75, 3.05) is 33.5 Å². The van der Waals surface area contributed by atoms with E-state index >= 15 is 0 Å². The number of hydrogen-bond acceptors (Lipinski definition) is 12. The molecule has 4 unspecified atom stereocenters. The standard InChI is InChI=1S/C44H60N6O8S2/c1-7-18-55-19-20-56-27-39(51)58-38(37(22-33-16-12-9-13-17-33)48-44(54)57-26-36-24-45-29-60-36)23-34(21-32-14-10-8-11-15-32)46-41(52)40(30(2)3)49-43(53)50(6)25-35-28-59-42(47-35)31(4)5/h8-17,24,28-31,34,37-38,40H,7,18-23,25-27H2,1-6H3,(H,46,52)(H,48,54)(H,49,53). The molecule has 0 saturated carbocycles. The van der Waals surface area contributed by atoms with Crippen LogP contribution in [0.5, 0.6) is 0 Å². The van der Waals surface area contributed by atoms with Gasteiger partial charge in [-0.25, -0.2) is 19.4 Å². The van der Waals surface area contributed by atoms with Crippen molar-refractivity contribution in [2.24, 2.45) is 5.92 Å². The maximum Gasteiger partial charge on any atom is 0.407 e. The van der Waals surface area contributed by atoms with E-state index in [4.69, 9.17) is 18.9 Å². The summed E-state index contributed by atoms with van der Waals surface area (Å²) in [5.41, 5.74) is 4.23. The van der Waals surface area contributed by atoms with Crippen LogP contribution in [0.4, 0.5) is 9.59 Å². The third-order valence-corrected chi connectivity index (χ3v) is 11.3. The van der Waals surface area contributed by atoms with Crippen molar-refractivity contribution in [2.45, 2.75) is 104 Å². The number of nitrogens with zero attached hydrogens (tertiary/aromatic N) is 3. The van der Waals surface area contributed by atoms with Gasteiger partial charge in [-0.2, -0.15) is 0 Å². The van der Waals surface area contributed by atoms with Crippen LogP contribution in [0.1, 0.15) is 80.1 Å². The molecule has 0 fully saturated rings. The Morgan fingerprint density at radius 1 is 0.833 bits per heavy atom. The van der Waals surface area contributed by atoms with Crippen LogP contribution in [0.15, 0.2) is 77.8 Å². The van der Waals surface area contributed by atoms with Crippen LogP contribution in [0.25, 0.3) is 0 Å². The fourth-order valence-corrected chi connectivity index (χ4v) is 7.55. The first kappa shape index (κ1) is 47.8. The summed E-state index contributed by atoms with van der Waals surface area (Å²) in [5, 5.41) is 12.0. The van der Waals surface area contributed by atoms with Gasteiger partial charge in [0.05, 0.1) is 46.9 Å². The molecule has 326 valence electrons. The van der Waals surface area contributed by atoms with Gasteiger partial charge < -0.3 is 39.8 Å². The number of thiazole rings is 2. The highest BCUT2D eigenvalue weighted by Gasteiger charge is 2.34. The molecule has 3 N–H and O–H groups in total. The molecule has 0 bridgehead atoms. The lowest BCUT2D eigenvalue weighted by molar-refractivity contribution is -0.157. The van der Waals surface area contributed by atoms with Gasteiger partial charge in [-0.15, -0.1) is 22.7 Å². The minimum absolute atomic E-state index is 0.0138. The number of amides is 4. The second kappa shape index (κ2) is 25.7. The van der Waals surface area contributed by atoms with E-state index in [1.165, 1.54) is 16.2 Å². The zero-order valence-corrected chi connectivity index (χ0v) is 37.1. The number of carbonyl (C=O) groups excluding carboxylic acids is 4. The molecule has 60 heavy (non-hydrogen) atoms. The van der Waals surface area contributed by atoms with Gasteiger partial charge in [-0.1, -0.05) is 95.3 Å². The van der Waals surface area contributed by atoms with Gasteiger partial charge in [0.1, 0.15) is 25.4 Å². The largest absolute Gasteiger partial charge is 0.458 e. The number of aromatic nitrogens is 2. The summed E-state index contributed by atoms with van der Waals surface area (Å²) in [6.07, 6.45) is 1.56. The number of nitrogens with one attached hydrogen (secondary N) is 3. The fraction of sp³-hybridized carbons (Fsp3) is 0.500. The van der Waals surface area contributed by atoms with Crippen LogP contribution >= 0.6 is 22.7 Å². The average Bonchev–Trinajstić information content (AvgIpc) is 3.93. The predicted molar refractivity (Wildman–Crippen MR) is 233 cm³/mol. The molecular weight excluding hydrogens is 805 g/mol. The maximum atomic E-state index is 14.3. The predicted octanol–water partition coefficient (Wildman–Crippen LogP) is 6.90.